The van der Waals surface area contributed by atoms with E-state index in [1.165, 1.54) is 30.3 Å². The molecule has 0 aliphatic carbocycles. The maximum absolute atomic E-state index is 14.1. The van der Waals surface area contributed by atoms with Crippen molar-refractivity contribution in [3.8, 4) is 11.1 Å². The third kappa shape index (κ3) is 4.22. The van der Waals surface area contributed by atoms with Crippen LogP contribution >= 0.6 is 0 Å². The minimum absolute atomic E-state index is 0.0550. The Morgan fingerprint density at radius 1 is 1.00 bits per heavy atom. The van der Waals surface area contributed by atoms with Crippen molar-refractivity contribution in [1.29, 1.82) is 0 Å². The molecule has 0 saturated carbocycles. The van der Waals surface area contributed by atoms with Gasteiger partial charge in [0.25, 0.3) is 0 Å². The predicted molar refractivity (Wildman–Crippen MR) is 113 cm³/mol. The number of piperidine rings is 1. The molecule has 0 unspecified atom stereocenters. The van der Waals surface area contributed by atoms with Crippen molar-refractivity contribution in [3.63, 3.8) is 0 Å². The fourth-order valence-corrected chi connectivity index (χ4v) is 4.05. The number of ketones is 1. The van der Waals surface area contributed by atoms with E-state index in [2.05, 4.69) is 9.97 Å². The van der Waals surface area contributed by atoms with E-state index in [1.807, 2.05) is 4.90 Å². The van der Waals surface area contributed by atoms with E-state index in [0.29, 0.717) is 31.9 Å². The van der Waals surface area contributed by atoms with Gasteiger partial charge in [0.1, 0.15) is 5.82 Å². The zero-order valence-electron chi connectivity index (χ0n) is 17.4. The molecular formula is C24H21F4N3O. The van der Waals surface area contributed by atoms with Gasteiger partial charge in [-0.15, -0.1) is 0 Å². The van der Waals surface area contributed by atoms with E-state index >= 15 is 0 Å². The first kappa shape index (κ1) is 21.9. The number of nitrogens with zero attached hydrogens (tertiary/aromatic N) is 3. The highest BCUT2D eigenvalue weighted by Gasteiger charge is 2.42. The maximum atomic E-state index is 14.1. The molecular weight excluding hydrogens is 422 g/mol. The van der Waals surface area contributed by atoms with E-state index in [4.69, 9.17) is 0 Å². The molecule has 1 saturated heterocycles. The van der Waals surface area contributed by atoms with Crippen LogP contribution in [-0.4, -0.2) is 28.8 Å². The number of anilines is 1. The molecule has 0 spiro atoms. The van der Waals surface area contributed by atoms with E-state index in [9.17, 15) is 22.4 Å². The van der Waals surface area contributed by atoms with E-state index in [1.54, 1.807) is 31.5 Å². The summed E-state index contributed by atoms with van der Waals surface area (Å²) in [6, 6.07) is 10.7. The molecule has 1 fully saturated rings. The first-order valence-corrected chi connectivity index (χ1v) is 10.2. The second-order valence-electron chi connectivity index (χ2n) is 8.16. The number of rotatable bonds is 4. The Bertz CT molecular complexity index is 1120. The zero-order valence-corrected chi connectivity index (χ0v) is 17.4. The van der Waals surface area contributed by atoms with Crippen LogP contribution in [0.1, 0.15) is 35.7 Å². The molecule has 3 aromatic rings. The molecule has 0 bridgehead atoms. The van der Waals surface area contributed by atoms with Gasteiger partial charge in [0.15, 0.2) is 5.78 Å². The Morgan fingerprint density at radius 3 is 2.28 bits per heavy atom. The van der Waals surface area contributed by atoms with Crippen LogP contribution in [0.4, 0.5) is 23.5 Å². The van der Waals surface area contributed by atoms with Crippen molar-refractivity contribution in [3.05, 3.63) is 77.9 Å². The number of halogens is 4. The van der Waals surface area contributed by atoms with Crippen LogP contribution in [0.5, 0.6) is 0 Å². The minimum Gasteiger partial charge on any atom is -0.341 e. The lowest BCUT2D eigenvalue weighted by atomic mass is 9.73. The average molecular weight is 443 g/mol. The molecule has 8 heteroatoms. The van der Waals surface area contributed by atoms with E-state index in [0.717, 1.165) is 6.07 Å². The molecule has 0 amide bonds. The highest BCUT2D eigenvalue weighted by atomic mass is 19.4. The summed E-state index contributed by atoms with van der Waals surface area (Å²) < 4.78 is 55.9. The summed E-state index contributed by atoms with van der Waals surface area (Å²) >= 11 is 0. The van der Waals surface area contributed by atoms with Crippen molar-refractivity contribution in [1.82, 2.24) is 9.97 Å². The summed E-state index contributed by atoms with van der Waals surface area (Å²) in [5.74, 6) is -0.645. The second kappa shape index (κ2) is 8.33. The first-order chi connectivity index (χ1) is 15.2. The molecule has 1 aliphatic heterocycles. The van der Waals surface area contributed by atoms with Crippen LogP contribution in [0.2, 0.25) is 0 Å². The molecule has 1 aromatic heterocycles. The van der Waals surface area contributed by atoms with Crippen molar-refractivity contribution in [2.45, 2.75) is 25.9 Å². The lowest BCUT2D eigenvalue weighted by Crippen LogP contribution is -2.43. The number of benzene rings is 2. The Hall–Kier alpha value is -3.29. The van der Waals surface area contributed by atoms with Gasteiger partial charge in [0.05, 0.1) is 5.56 Å². The number of hydrogen-bond donors (Lipinski definition) is 0. The first-order valence-electron chi connectivity index (χ1n) is 10.2. The molecule has 1 aliphatic rings. The minimum atomic E-state index is -4.75. The SMILES string of the molecule is CC1(C(=O)c2ccc(-c3ccccc3F)cc2C(F)(F)F)CCN(c2ncccn2)CC1. The third-order valence-electron chi connectivity index (χ3n) is 6.00. The maximum Gasteiger partial charge on any atom is 0.417 e. The summed E-state index contributed by atoms with van der Waals surface area (Å²) in [6.07, 6.45) is -0.768. The summed E-state index contributed by atoms with van der Waals surface area (Å²) in [7, 11) is 0. The van der Waals surface area contributed by atoms with Crippen molar-refractivity contribution < 1.29 is 22.4 Å². The predicted octanol–water partition coefficient (Wildman–Crippen LogP) is 5.79. The molecule has 2 heterocycles. The molecule has 0 N–H and O–H groups in total. The summed E-state index contributed by atoms with van der Waals surface area (Å²) in [5.41, 5.74) is -2.25. The largest absolute Gasteiger partial charge is 0.417 e. The number of alkyl halides is 3. The summed E-state index contributed by atoms with van der Waals surface area (Å²) in [6.45, 7) is 2.62. The number of aromatic nitrogens is 2. The highest BCUT2D eigenvalue weighted by molar-refractivity contribution is 6.02. The fraction of sp³-hybridized carbons (Fsp3) is 0.292. The molecule has 2 aromatic carbocycles. The molecule has 166 valence electrons. The van der Waals surface area contributed by atoms with Crippen LogP contribution in [0.3, 0.4) is 0 Å². The van der Waals surface area contributed by atoms with Gasteiger partial charge < -0.3 is 4.90 Å². The lowest BCUT2D eigenvalue weighted by Gasteiger charge is -2.38. The van der Waals surface area contributed by atoms with Gasteiger partial charge in [-0.3, -0.25) is 4.79 Å². The van der Waals surface area contributed by atoms with Gasteiger partial charge in [0, 0.05) is 42.0 Å². The number of carbonyl (C=O) groups is 1. The number of hydrogen-bond acceptors (Lipinski definition) is 4. The quantitative estimate of drug-likeness (QED) is 0.378. The van der Waals surface area contributed by atoms with Gasteiger partial charge in [-0.25, -0.2) is 14.4 Å². The van der Waals surface area contributed by atoms with E-state index < -0.39 is 28.8 Å². The molecule has 32 heavy (non-hydrogen) atoms. The molecule has 4 nitrogen and oxygen atoms in total. The number of carbonyl (C=O) groups excluding carboxylic acids is 1. The third-order valence-corrected chi connectivity index (χ3v) is 6.00. The molecule has 0 atom stereocenters. The van der Waals surface area contributed by atoms with E-state index in [-0.39, 0.29) is 16.7 Å². The van der Waals surface area contributed by atoms with Crippen LogP contribution < -0.4 is 4.90 Å². The van der Waals surface area contributed by atoms with Gasteiger partial charge >= 0.3 is 6.18 Å². The lowest BCUT2D eigenvalue weighted by molar-refractivity contribution is -0.138. The summed E-state index contributed by atoms with van der Waals surface area (Å²) in [4.78, 5) is 23.6. The van der Waals surface area contributed by atoms with Crippen molar-refractivity contribution in [2.75, 3.05) is 18.0 Å². The van der Waals surface area contributed by atoms with Crippen molar-refractivity contribution >= 4 is 11.7 Å². The van der Waals surface area contributed by atoms with Gasteiger partial charge in [0.2, 0.25) is 5.95 Å². The molecule has 0 radical (unpaired) electrons. The zero-order chi connectivity index (χ0) is 22.9. The Labute approximate surface area is 182 Å². The van der Waals surface area contributed by atoms with Crippen molar-refractivity contribution in [2.24, 2.45) is 5.41 Å². The normalized spacial score (nSPS) is 16.1. The fourth-order valence-electron chi connectivity index (χ4n) is 4.05. The molecule has 4 rings (SSSR count). The van der Waals surface area contributed by atoms with Crippen LogP contribution in [0, 0.1) is 11.2 Å². The Morgan fingerprint density at radius 2 is 1.66 bits per heavy atom. The average Bonchev–Trinajstić information content (AvgIpc) is 2.79. The highest BCUT2D eigenvalue weighted by Crippen LogP contribution is 2.41. The topological polar surface area (TPSA) is 46.1 Å². The number of Topliss-reactive ketones (excluding diaryl/α,β-unsaturated/α-hetero) is 1. The second-order valence-corrected chi connectivity index (χ2v) is 8.16. The van der Waals surface area contributed by atoms with Gasteiger partial charge in [-0.05, 0) is 36.6 Å². The Balaban J connectivity index is 1.64. The standard InChI is InChI=1S/C24H21F4N3O/c1-23(9-13-31(14-10-23)22-29-11-4-12-30-22)21(32)18-8-7-16(15-19(18)24(26,27)28)17-5-2-3-6-20(17)25/h2-8,11-12,15H,9-10,13-14H2,1H3. The van der Waals surface area contributed by atoms with Gasteiger partial charge in [-0.1, -0.05) is 37.3 Å². The monoisotopic (exact) mass is 443 g/mol. The summed E-state index contributed by atoms with van der Waals surface area (Å²) in [5, 5.41) is 0. The van der Waals surface area contributed by atoms with Gasteiger partial charge in [-0.2, -0.15) is 13.2 Å². The van der Waals surface area contributed by atoms with Crippen LogP contribution in [-0.2, 0) is 6.18 Å². The smallest absolute Gasteiger partial charge is 0.341 e. The Kier molecular flexibility index (Phi) is 5.71. The van der Waals surface area contributed by atoms with Crippen LogP contribution in [0.25, 0.3) is 11.1 Å². The van der Waals surface area contributed by atoms with Crippen LogP contribution in [0.15, 0.2) is 60.9 Å².